The number of aromatic nitrogens is 3. The van der Waals surface area contributed by atoms with Crippen LogP contribution in [0.15, 0.2) is 76.7 Å². The van der Waals surface area contributed by atoms with Crippen LogP contribution in [0.1, 0.15) is 28.7 Å². The third kappa shape index (κ3) is 5.31. The number of hydrogen-bond acceptors (Lipinski definition) is 6. The van der Waals surface area contributed by atoms with E-state index in [1.54, 1.807) is 25.3 Å². The summed E-state index contributed by atoms with van der Waals surface area (Å²) in [5, 5.41) is 30.2. The molecule has 0 bridgehead atoms. The third-order valence-electron chi connectivity index (χ3n) is 5.14. The minimum absolute atomic E-state index is 0.353. The summed E-state index contributed by atoms with van der Waals surface area (Å²) in [6, 6.07) is 19.0. The van der Waals surface area contributed by atoms with Crippen LogP contribution in [0.2, 0.25) is 0 Å². The Morgan fingerprint density at radius 3 is 2.64 bits per heavy atom. The molecule has 168 valence electrons. The number of carbonyl (C=O) groups is 1. The van der Waals surface area contributed by atoms with Crippen molar-refractivity contribution < 1.29 is 15.0 Å². The van der Waals surface area contributed by atoms with E-state index in [1.807, 2.05) is 60.7 Å². The fourth-order valence-electron chi connectivity index (χ4n) is 3.19. The van der Waals surface area contributed by atoms with E-state index in [-0.39, 0.29) is 19.1 Å². The van der Waals surface area contributed by atoms with Crippen molar-refractivity contribution in [2.75, 3.05) is 13.2 Å². The van der Waals surface area contributed by atoms with Crippen molar-refractivity contribution in [3.8, 4) is 0 Å². The maximum absolute atomic E-state index is 12.8. The van der Waals surface area contributed by atoms with Gasteiger partial charge in [-0.05, 0) is 61.5 Å². The summed E-state index contributed by atoms with van der Waals surface area (Å²) in [6.07, 6.45) is 5.59. The Morgan fingerprint density at radius 1 is 1.09 bits per heavy atom. The average molecular weight is 461 g/mol. The number of pyridine rings is 1. The quantitative estimate of drug-likeness (QED) is 0.319. The summed E-state index contributed by atoms with van der Waals surface area (Å²) in [4.78, 5) is 18.8. The highest BCUT2D eigenvalue weighted by molar-refractivity contribution is 7.99. The molecule has 1 amide bonds. The van der Waals surface area contributed by atoms with Crippen LogP contribution in [0.4, 0.5) is 0 Å². The first-order chi connectivity index (χ1) is 16.0. The predicted molar refractivity (Wildman–Crippen MR) is 130 cm³/mol. The molecular weight excluding hydrogens is 436 g/mol. The van der Waals surface area contributed by atoms with Gasteiger partial charge in [-0.25, -0.2) is 0 Å². The van der Waals surface area contributed by atoms with Crippen LogP contribution in [0.3, 0.4) is 0 Å². The molecule has 4 rings (SSSR count). The molecule has 4 aromatic rings. The van der Waals surface area contributed by atoms with Gasteiger partial charge in [-0.15, -0.1) is 0 Å². The first-order valence-corrected chi connectivity index (χ1v) is 11.2. The zero-order valence-corrected chi connectivity index (χ0v) is 18.8. The number of aromatic amines is 1. The molecule has 4 N–H and O–H groups in total. The minimum atomic E-state index is -1.09. The van der Waals surface area contributed by atoms with E-state index in [0.717, 1.165) is 32.1 Å². The van der Waals surface area contributed by atoms with Crippen molar-refractivity contribution in [3.05, 3.63) is 83.8 Å². The van der Waals surface area contributed by atoms with Gasteiger partial charge in [0.2, 0.25) is 0 Å². The number of benzene rings is 2. The summed E-state index contributed by atoms with van der Waals surface area (Å²) in [7, 11) is 0. The molecular formula is C25H24N4O3S. The summed E-state index contributed by atoms with van der Waals surface area (Å²) in [5.74, 6) is -0.353. The highest BCUT2D eigenvalue weighted by Gasteiger charge is 2.26. The largest absolute Gasteiger partial charge is 0.394 e. The van der Waals surface area contributed by atoms with Crippen molar-refractivity contribution >= 4 is 40.7 Å². The topological polar surface area (TPSA) is 111 Å². The molecule has 8 heteroatoms. The number of nitrogens with one attached hydrogen (secondary N) is 2. The normalized spacial score (nSPS) is 11.8. The van der Waals surface area contributed by atoms with Gasteiger partial charge in [-0.2, -0.15) is 5.10 Å². The van der Waals surface area contributed by atoms with E-state index in [1.165, 1.54) is 11.8 Å². The molecule has 0 saturated carbocycles. The molecule has 0 saturated heterocycles. The second kappa shape index (κ2) is 9.99. The zero-order valence-electron chi connectivity index (χ0n) is 18.0. The van der Waals surface area contributed by atoms with Crippen LogP contribution in [-0.2, 0) is 0 Å². The molecule has 2 aromatic heterocycles. The highest BCUT2D eigenvalue weighted by Crippen LogP contribution is 2.33. The molecule has 0 unspecified atom stereocenters. The maximum Gasteiger partial charge on any atom is 0.253 e. The molecule has 0 aliphatic rings. The van der Waals surface area contributed by atoms with E-state index in [2.05, 4.69) is 20.5 Å². The lowest BCUT2D eigenvalue weighted by Gasteiger charge is -2.26. The fraction of sp³-hybridized carbons (Fsp3) is 0.160. The van der Waals surface area contributed by atoms with Gasteiger partial charge >= 0.3 is 0 Å². The Labute approximate surface area is 195 Å². The Kier molecular flexibility index (Phi) is 6.88. The van der Waals surface area contributed by atoms with Gasteiger partial charge in [-0.3, -0.25) is 14.9 Å². The molecule has 0 radical (unpaired) electrons. The Bertz CT molecular complexity index is 1280. The van der Waals surface area contributed by atoms with Crippen LogP contribution < -0.4 is 5.32 Å². The molecule has 33 heavy (non-hydrogen) atoms. The van der Waals surface area contributed by atoms with E-state index in [9.17, 15) is 15.0 Å². The summed E-state index contributed by atoms with van der Waals surface area (Å²) in [5.41, 5.74) is 1.94. The van der Waals surface area contributed by atoms with Gasteiger partial charge in [-0.1, -0.05) is 30.0 Å². The van der Waals surface area contributed by atoms with Crippen molar-refractivity contribution in [1.82, 2.24) is 20.5 Å². The first-order valence-electron chi connectivity index (χ1n) is 10.4. The molecule has 0 fully saturated rings. The Morgan fingerprint density at radius 2 is 1.88 bits per heavy atom. The summed E-state index contributed by atoms with van der Waals surface area (Å²) in [6.45, 7) is 0.864. The van der Waals surface area contributed by atoms with Gasteiger partial charge in [0.25, 0.3) is 5.91 Å². The molecule has 7 nitrogen and oxygen atoms in total. The van der Waals surface area contributed by atoms with E-state index in [0.29, 0.717) is 5.56 Å². The first kappa shape index (κ1) is 22.7. The number of rotatable bonds is 8. The number of nitrogens with zero attached hydrogens (tertiary/aromatic N) is 2. The van der Waals surface area contributed by atoms with E-state index >= 15 is 0 Å². The van der Waals surface area contributed by atoms with Crippen LogP contribution in [0, 0.1) is 0 Å². The maximum atomic E-state index is 12.8. The smallest absolute Gasteiger partial charge is 0.253 e. The van der Waals surface area contributed by atoms with Gasteiger partial charge < -0.3 is 15.5 Å². The second-order valence-corrected chi connectivity index (χ2v) is 8.95. The molecule has 0 spiro atoms. The number of aliphatic hydroxyl groups is 2. The lowest BCUT2D eigenvalue weighted by molar-refractivity contribution is 0.0721. The molecule has 0 aliphatic carbocycles. The number of fused-ring (bicyclic) bond motifs is 1. The molecule has 2 heterocycles. The van der Waals surface area contributed by atoms with Gasteiger partial charge in [0.1, 0.15) is 0 Å². The van der Waals surface area contributed by atoms with E-state index < -0.39 is 5.54 Å². The number of aliphatic hydroxyl groups excluding tert-OH is 2. The third-order valence-corrected chi connectivity index (χ3v) is 6.20. The Hall–Kier alpha value is -3.46. The number of H-pyrrole nitrogens is 1. The van der Waals surface area contributed by atoms with Crippen molar-refractivity contribution in [3.63, 3.8) is 0 Å². The summed E-state index contributed by atoms with van der Waals surface area (Å²) >= 11 is 1.46. The standard InChI is InChI=1S/C25H24N4O3S/c1-25(15-30,16-31)27-24(32)20-7-2-3-8-23(20)33-18-10-11-19-21(28-29-22(19)14-18)12-9-17-6-4-5-13-26-17/h2-14,30-31H,15-16H2,1H3,(H,27,32)(H,28,29)/b12-9+. The fourth-order valence-corrected chi connectivity index (χ4v) is 4.17. The van der Waals surface area contributed by atoms with Gasteiger partial charge in [0.05, 0.1) is 41.2 Å². The van der Waals surface area contributed by atoms with Gasteiger partial charge in [0, 0.05) is 21.4 Å². The van der Waals surface area contributed by atoms with Crippen molar-refractivity contribution in [2.45, 2.75) is 22.3 Å². The average Bonchev–Trinajstić information content (AvgIpc) is 3.25. The Balaban J connectivity index is 1.55. The number of amides is 1. The number of carbonyl (C=O) groups excluding carboxylic acids is 1. The van der Waals surface area contributed by atoms with Crippen LogP contribution in [0.25, 0.3) is 23.1 Å². The SMILES string of the molecule is CC(CO)(CO)NC(=O)c1ccccc1Sc1ccc2c(/C=C/c3ccccn3)n[nH]c2c1. The van der Waals surface area contributed by atoms with Crippen LogP contribution in [0.5, 0.6) is 0 Å². The predicted octanol–water partition coefficient (Wildman–Crippen LogP) is 3.75. The van der Waals surface area contributed by atoms with Crippen molar-refractivity contribution in [1.29, 1.82) is 0 Å². The molecule has 0 atom stereocenters. The monoisotopic (exact) mass is 460 g/mol. The molecule has 0 aliphatic heterocycles. The lowest BCUT2D eigenvalue weighted by Crippen LogP contribution is -2.51. The zero-order chi connectivity index (χ0) is 23.3. The van der Waals surface area contributed by atoms with Crippen LogP contribution in [-0.4, -0.2) is 50.1 Å². The molecule has 2 aromatic carbocycles. The van der Waals surface area contributed by atoms with Crippen molar-refractivity contribution in [2.24, 2.45) is 0 Å². The van der Waals surface area contributed by atoms with Crippen LogP contribution >= 0.6 is 11.8 Å². The lowest BCUT2D eigenvalue weighted by atomic mass is 10.0. The van der Waals surface area contributed by atoms with Gasteiger partial charge in [0.15, 0.2) is 0 Å². The minimum Gasteiger partial charge on any atom is -0.394 e. The van der Waals surface area contributed by atoms with E-state index in [4.69, 9.17) is 0 Å². The highest BCUT2D eigenvalue weighted by atomic mass is 32.2. The second-order valence-electron chi connectivity index (χ2n) is 7.83. The summed E-state index contributed by atoms with van der Waals surface area (Å²) < 4.78 is 0. The number of hydrogen-bond donors (Lipinski definition) is 4.